The highest BCUT2D eigenvalue weighted by Crippen LogP contribution is 2.29. The smallest absolute Gasteiger partial charge is 0.338 e. The molecule has 0 aliphatic carbocycles. The summed E-state index contributed by atoms with van der Waals surface area (Å²) in [5, 5.41) is 2.74. The van der Waals surface area contributed by atoms with Gasteiger partial charge in [-0.15, -0.1) is 0 Å². The van der Waals surface area contributed by atoms with Crippen LogP contribution in [0.1, 0.15) is 34.8 Å². The number of aromatic nitrogens is 1. The van der Waals surface area contributed by atoms with Gasteiger partial charge in [0.25, 0.3) is 5.91 Å². The molecule has 1 saturated heterocycles. The molecule has 1 atom stereocenters. The van der Waals surface area contributed by atoms with Crippen LogP contribution in [0.5, 0.6) is 0 Å². The Balaban J connectivity index is 1.53. The van der Waals surface area contributed by atoms with Gasteiger partial charge >= 0.3 is 12.0 Å². The maximum Gasteiger partial charge on any atom is 0.338 e. The van der Waals surface area contributed by atoms with Crippen molar-refractivity contribution in [2.45, 2.75) is 32.9 Å². The van der Waals surface area contributed by atoms with Crippen molar-refractivity contribution in [2.24, 2.45) is 0 Å². The van der Waals surface area contributed by atoms with Crippen molar-refractivity contribution in [2.75, 3.05) is 16.8 Å². The van der Waals surface area contributed by atoms with E-state index in [1.54, 1.807) is 61.8 Å². The van der Waals surface area contributed by atoms with Gasteiger partial charge in [-0.05, 0) is 61.9 Å². The molecule has 1 N–H and O–H groups in total. The highest BCUT2D eigenvalue weighted by molar-refractivity contribution is 6.22. The second kappa shape index (κ2) is 10.8. The molecule has 36 heavy (non-hydrogen) atoms. The predicted octanol–water partition coefficient (Wildman–Crippen LogP) is 3.93. The van der Waals surface area contributed by atoms with Gasteiger partial charge in [-0.2, -0.15) is 0 Å². The maximum atomic E-state index is 13.4. The Kier molecular flexibility index (Phi) is 7.39. The number of benzene rings is 2. The molecule has 4 amide bonds. The van der Waals surface area contributed by atoms with Crippen LogP contribution in [0.2, 0.25) is 0 Å². The molecule has 2 aromatic carbocycles. The first-order chi connectivity index (χ1) is 17.4. The second-order valence-electron chi connectivity index (χ2n) is 8.35. The van der Waals surface area contributed by atoms with Crippen LogP contribution in [0.3, 0.4) is 0 Å². The molecule has 1 aromatic heterocycles. The molecule has 0 unspecified atom stereocenters. The number of nitrogens with one attached hydrogen (secondary N) is 1. The molecule has 4 rings (SSSR count). The Labute approximate surface area is 208 Å². The quantitative estimate of drug-likeness (QED) is 0.382. The number of imide groups is 1. The Bertz CT molecular complexity index is 1260. The SMILES string of the molecule is CCOC(=O)c1ccc(NC(=O)C[C@@H]2C(=O)N(c3ccc(C)cc3)C(=O)N2Cc2cccnc2)cc1. The van der Waals surface area contributed by atoms with Crippen molar-refractivity contribution in [3.63, 3.8) is 0 Å². The standard InChI is InChI=1S/C27H26N4O5/c1-3-36-26(34)20-8-10-21(11-9-20)29-24(32)15-23-25(33)31(22-12-6-18(2)7-13-22)27(35)30(23)17-19-5-4-14-28-16-19/h4-14,16,23H,3,15,17H2,1-2H3,(H,29,32)/t23-/m1/s1. The molecule has 1 aliphatic heterocycles. The molecule has 9 heteroatoms. The normalized spacial score (nSPS) is 15.2. The number of carbonyl (C=O) groups excluding carboxylic acids is 4. The molecule has 0 saturated carbocycles. The minimum atomic E-state index is -0.988. The topological polar surface area (TPSA) is 109 Å². The van der Waals surface area contributed by atoms with Crippen LogP contribution >= 0.6 is 0 Å². The van der Waals surface area contributed by atoms with Gasteiger partial charge in [-0.1, -0.05) is 23.8 Å². The van der Waals surface area contributed by atoms with Crippen LogP contribution in [0, 0.1) is 6.92 Å². The van der Waals surface area contributed by atoms with Gasteiger partial charge in [0.05, 0.1) is 24.3 Å². The number of carbonyl (C=O) groups is 4. The monoisotopic (exact) mass is 486 g/mol. The van der Waals surface area contributed by atoms with Crippen LogP contribution in [-0.2, 0) is 20.9 Å². The number of anilines is 2. The average molecular weight is 487 g/mol. The van der Waals surface area contributed by atoms with Crippen molar-refractivity contribution in [1.29, 1.82) is 0 Å². The van der Waals surface area contributed by atoms with E-state index < -0.39 is 29.9 Å². The summed E-state index contributed by atoms with van der Waals surface area (Å²) >= 11 is 0. The molecular formula is C27H26N4O5. The zero-order valence-electron chi connectivity index (χ0n) is 20.0. The molecule has 1 fully saturated rings. The largest absolute Gasteiger partial charge is 0.462 e. The van der Waals surface area contributed by atoms with Gasteiger partial charge in [0.1, 0.15) is 6.04 Å². The first kappa shape index (κ1) is 24.6. The third-order valence-corrected chi connectivity index (χ3v) is 5.75. The van der Waals surface area contributed by atoms with Gasteiger partial charge < -0.3 is 15.0 Å². The number of rotatable bonds is 8. The van der Waals surface area contributed by atoms with E-state index in [9.17, 15) is 19.2 Å². The van der Waals surface area contributed by atoms with E-state index in [-0.39, 0.29) is 19.6 Å². The van der Waals surface area contributed by atoms with Crippen molar-refractivity contribution >= 4 is 35.2 Å². The van der Waals surface area contributed by atoms with Crippen molar-refractivity contribution < 1.29 is 23.9 Å². The zero-order chi connectivity index (χ0) is 25.7. The van der Waals surface area contributed by atoms with Crippen molar-refractivity contribution in [3.05, 3.63) is 89.7 Å². The highest BCUT2D eigenvalue weighted by atomic mass is 16.5. The van der Waals surface area contributed by atoms with E-state index >= 15 is 0 Å². The summed E-state index contributed by atoms with van der Waals surface area (Å²) in [5.41, 5.74) is 3.01. The van der Waals surface area contributed by atoms with E-state index in [0.29, 0.717) is 16.9 Å². The lowest BCUT2D eigenvalue weighted by molar-refractivity contribution is -0.124. The third-order valence-electron chi connectivity index (χ3n) is 5.75. The number of hydrogen-bond donors (Lipinski definition) is 1. The van der Waals surface area contributed by atoms with E-state index in [2.05, 4.69) is 10.3 Å². The average Bonchev–Trinajstić information content (AvgIpc) is 3.09. The minimum Gasteiger partial charge on any atom is -0.462 e. The molecule has 9 nitrogen and oxygen atoms in total. The van der Waals surface area contributed by atoms with Crippen LogP contribution in [-0.4, -0.2) is 46.3 Å². The van der Waals surface area contributed by atoms with Crippen molar-refractivity contribution in [1.82, 2.24) is 9.88 Å². The number of urea groups is 1. The lowest BCUT2D eigenvalue weighted by Crippen LogP contribution is -2.37. The van der Waals surface area contributed by atoms with Crippen LogP contribution in [0.25, 0.3) is 0 Å². The number of esters is 1. The Morgan fingerprint density at radius 1 is 1.03 bits per heavy atom. The highest BCUT2D eigenvalue weighted by Gasteiger charge is 2.46. The minimum absolute atomic E-state index is 0.132. The van der Waals surface area contributed by atoms with Crippen molar-refractivity contribution in [3.8, 4) is 0 Å². The second-order valence-corrected chi connectivity index (χ2v) is 8.35. The number of hydrogen-bond acceptors (Lipinski definition) is 6. The first-order valence-corrected chi connectivity index (χ1v) is 11.5. The lowest BCUT2D eigenvalue weighted by atomic mass is 10.1. The van der Waals surface area contributed by atoms with Gasteiger partial charge in [0, 0.05) is 24.6 Å². The number of aryl methyl sites for hydroxylation is 1. The number of pyridine rings is 1. The lowest BCUT2D eigenvalue weighted by Gasteiger charge is -2.21. The molecule has 1 aliphatic rings. The van der Waals surface area contributed by atoms with Crippen LogP contribution < -0.4 is 10.2 Å². The van der Waals surface area contributed by atoms with Gasteiger partial charge in [-0.3, -0.25) is 14.6 Å². The Morgan fingerprint density at radius 2 is 1.75 bits per heavy atom. The van der Waals surface area contributed by atoms with Crippen LogP contribution in [0.4, 0.5) is 16.2 Å². The third kappa shape index (κ3) is 5.41. The number of nitrogens with zero attached hydrogens (tertiary/aromatic N) is 3. The first-order valence-electron chi connectivity index (χ1n) is 11.5. The van der Waals surface area contributed by atoms with E-state index in [4.69, 9.17) is 4.74 Å². The summed E-state index contributed by atoms with van der Waals surface area (Å²) in [6, 6.07) is 15.4. The van der Waals surface area contributed by atoms with Crippen LogP contribution in [0.15, 0.2) is 73.1 Å². The molecule has 0 radical (unpaired) electrons. The zero-order valence-corrected chi connectivity index (χ0v) is 20.0. The number of amides is 4. The van der Waals surface area contributed by atoms with E-state index in [0.717, 1.165) is 16.0 Å². The summed E-state index contributed by atoms with van der Waals surface area (Å²) in [6.45, 7) is 4.03. The Morgan fingerprint density at radius 3 is 2.39 bits per heavy atom. The summed E-state index contributed by atoms with van der Waals surface area (Å²) in [4.78, 5) is 58.1. The molecule has 0 spiro atoms. The Hall–Kier alpha value is -4.53. The van der Waals surface area contributed by atoms with Gasteiger partial charge in [0.15, 0.2) is 0 Å². The summed E-state index contributed by atoms with van der Waals surface area (Å²) in [7, 11) is 0. The number of ether oxygens (including phenoxy) is 1. The van der Waals surface area contributed by atoms with Gasteiger partial charge in [0.2, 0.25) is 5.91 Å². The molecule has 3 aromatic rings. The maximum absolute atomic E-state index is 13.4. The fraction of sp³-hybridized carbons (Fsp3) is 0.222. The molecular weight excluding hydrogens is 460 g/mol. The molecule has 2 heterocycles. The fourth-order valence-electron chi connectivity index (χ4n) is 3.93. The van der Waals surface area contributed by atoms with E-state index in [1.807, 2.05) is 25.1 Å². The van der Waals surface area contributed by atoms with E-state index in [1.165, 1.54) is 4.90 Å². The summed E-state index contributed by atoms with van der Waals surface area (Å²) < 4.78 is 4.96. The summed E-state index contributed by atoms with van der Waals surface area (Å²) in [5.74, 6) is -1.36. The molecule has 184 valence electrons. The fourth-order valence-corrected chi connectivity index (χ4v) is 3.93. The molecule has 0 bridgehead atoms. The predicted molar refractivity (Wildman–Crippen MR) is 133 cm³/mol. The van der Waals surface area contributed by atoms with Gasteiger partial charge in [-0.25, -0.2) is 14.5 Å². The summed E-state index contributed by atoms with van der Waals surface area (Å²) in [6.07, 6.45) is 3.01.